The van der Waals surface area contributed by atoms with Crippen molar-refractivity contribution < 1.29 is 4.74 Å². The molecular weight excluding hydrogens is 248 g/mol. The third kappa shape index (κ3) is 2.22. The Morgan fingerprint density at radius 3 is 2.94 bits per heavy atom. The van der Waals surface area contributed by atoms with Gasteiger partial charge in [-0.25, -0.2) is 0 Å². The maximum absolute atomic E-state index is 6.20. The minimum Gasteiger partial charge on any atom is -0.493 e. The highest BCUT2D eigenvalue weighted by Gasteiger charge is 2.25. The second-order valence-corrected chi connectivity index (χ2v) is 5.46. The molecule has 1 saturated heterocycles. The molecule has 3 nitrogen and oxygen atoms in total. The zero-order valence-corrected chi connectivity index (χ0v) is 11.5. The number of fused-ring (bicyclic) bond motifs is 1. The van der Waals surface area contributed by atoms with Gasteiger partial charge in [-0.15, -0.1) is 0 Å². The van der Waals surface area contributed by atoms with Crippen LogP contribution in [0.25, 0.3) is 0 Å². The Labute approximate surface area is 113 Å². The largest absolute Gasteiger partial charge is 0.493 e. The van der Waals surface area contributed by atoms with E-state index >= 15 is 0 Å². The Morgan fingerprint density at radius 1 is 1.44 bits per heavy atom. The molecule has 0 atom stereocenters. The van der Waals surface area contributed by atoms with Crippen LogP contribution in [0, 0.1) is 0 Å². The Morgan fingerprint density at radius 2 is 2.28 bits per heavy atom. The van der Waals surface area contributed by atoms with E-state index in [9.17, 15) is 0 Å². The first kappa shape index (κ1) is 12.3. The maximum Gasteiger partial charge on any atom is 0.127 e. The first-order chi connectivity index (χ1) is 8.78. The molecule has 0 spiro atoms. The summed E-state index contributed by atoms with van der Waals surface area (Å²) in [5.74, 6) is 1.07. The predicted octanol–water partition coefficient (Wildman–Crippen LogP) is 2.07. The van der Waals surface area contributed by atoms with E-state index in [0.717, 1.165) is 50.0 Å². The van der Waals surface area contributed by atoms with Crippen LogP contribution in [0.1, 0.15) is 18.1 Å². The lowest BCUT2D eigenvalue weighted by atomic mass is 10.1. The minimum absolute atomic E-state index is 0.658. The van der Waals surface area contributed by atoms with Crippen LogP contribution in [0.5, 0.6) is 5.75 Å². The van der Waals surface area contributed by atoms with Crippen molar-refractivity contribution in [1.82, 2.24) is 10.2 Å². The highest BCUT2D eigenvalue weighted by atomic mass is 35.5. The smallest absolute Gasteiger partial charge is 0.127 e. The third-order valence-corrected chi connectivity index (χ3v) is 4.10. The molecule has 0 bridgehead atoms. The van der Waals surface area contributed by atoms with Gasteiger partial charge in [-0.2, -0.15) is 0 Å². The molecule has 0 aliphatic carbocycles. The number of hydrogen-bond acceptors (Lipinski definition) is 3. The summed E-state index contributed by atoms with van der Waals surface area (Å²) in [5, 5.41) is 4.16. The molecule has 1 aromatic carbocycles. The fraction of sp³-hybridized carbons (Fsp3) is 0.571. The fourth-order valence-corrected chi connectivity index (χ4v) is 2.98. The standard InChI is InChI=1S/C14H19ClN2O/c1-2-17(13-7-16-8-13)9-11-6-12(15)5-10-3-4-18-14(10)11/h5-6,13,16H,2-4,7-9H2,1H3. The molecule has 1 aromatic rings. The van der Waals surface area contributed by atoms with Gasteiger partial charge in [0.15, 0.2) is 0 Å². The predicted molar refractivity (Wildman–Crippen MR) is 73.4 cm³/mol. The van der Waals surface area contributed by atoms with Crippen molar-refractivity contribution in [1.29, 1.82) is 0 Å². The van der Waals surface area contributed by atoms with Crippen molar-refractivity contribution in [2.75, 3.05) is 26.2 Å². The highest BCUT2D eigenvalue weighted by Crippen LogP contribution is 2.33. The second-order valence-electron chi connectivity index (χ2n) is 5.03. The Bertz CT molecular complexity index is 446. The van der Waals surface area contributed by atoms with Crippen molar-refractivity contribution in [2.45, 2.75) is 25.9 Å². The van der Waals surface area contributed by atoms with Gasteiger partial charge in [0.05, 0.1) is 6.61 Å². The molecule has 1 N–H and O–H groups in total. The van der Waals surface area contributed by atoms with Gasteiger partial charge in [-0.1, -0.05) is 18.5 Å². The molecule has 18 heavy (non-hydrogen) atoms. The van der Waals surface area contributed by atoms with E-state index in [0.29, 0.717) is 6.04 Å². The Balaban J connectivity index is 1.83. The zero-order chi connectivity index (χ0) is 12.5. The summed E-state index contributed by atoms with van der Waals surface area (Å²) in [7, 11) is 0. The SMILES string of the molecule is CCN(Cc1cc(Cl)cc2c1OCC2)C1CNC1. The van der Waals surface area contributed by atoms with Crippen molar-refractivity contribution in [2.24, 2.45) is 0 Å². The minimum atomic E-state index is 0.658. The first-order valence-electron chi connectivity index (χ1n) is 6.66. The molecule has 2 heterocycles. The normalized spacial score (nSPS) is 18.6. The monoisotopic (exact) mass is 266 g/mol. The summed E-state index contributed by atoms with van der Waals surface area (Å²) < 4.78 is 5.76. The molecule has 1 fully saturated rings. The number of benzene rings is 1. The van der Waals surface area contributed by atoms with Crippen LogP contribution < -0.4 is 10.1 Å². The quantitative estimate of drug-likeness (QED) is 0.903. The number of rotatable bonds is 4. The topological polar surface area (TPSA) is 24.5 Å². The van der Waals surface area contributed by atoms with E-state index in [2.05, 4.69) is 23.2 Å². The van der Waals surface area contributed by atoms with Crippen LogP contribution in [0.3, 0.4) is 0 Å². The van der Waals surface area contributed by atoms with Crippen molar-refractivity contribution in [3.05, 3.63) is 28.3 Å². The van der Waals surface area contributed by atoms with E-state index in [-0.39, 0.29) is 0 Å². The molecule has 0 amide bonds. The average molecular weight is 267 g/mol. The lowest BCUT2D eigenvalue weighted by molar-refractivity contribution is 0.144. The summed E-state index contributed by atoms with van der Waals surface area (Å²) in [4.78, 5) is 2.49. The van der Waals surface area contributed by atoms with Crippen LogP contribution in [0.2, 0.25) is 5.02 Å². The highest BCUT2D eigenvalue weighted by molar-refractivity contribution is 6.30. The summed E-state index contributed by atoms with van der Waals surface area (Å²) in [6.45, 7) is 7.19. The summed E-state index contributed by atoms with van der Waals surface area (Å²) in [5.41, 5.74) is 2.50. The fourth-order valence-electron chi connectivity index (χ4n) is 2.71. The van der Waals surface area contributed by atoms with E-state index in [1.807, 2.05) is 6.07 Å². The number of hydrogen-bond donors (Lipinski definition) is 1. The van der Waals surface area contributed by atoms with Crippen molar-refractivity contribution in [3.8, 4) is 5.75 Å². The lowest BCUT2D eigenvalue weighted by Crippen LogP contribution is -2.56. The zero-order valence-electron chi connectivity index (χ0n) is 10.7. The molecule has 2 aliphatic rings. The van der Waals surface area contributed by atoms with Crippen LogP contribution in [0.4, 0.5) is 0 Å². The number of nitrogens with one attached hydrogen (secondary N) is 1. The van der Waals surface area contributed by atoms with Gasteiger partial charge >= 0.3 is 0 Å². The summed E-state index contributed by atoms with van der Waals surface area (Å²) >= 11 is 6.20. The van der Waals surface area contributed by atoms with Crippen LogP contribution in [-0.4, -0.2) is 37.2 Å². The van der Waals surface area contributed by atoms with E-state index < -0.39 is 0 Å². The molecule has 0 unspecified atom stereocenters. The van der Waals surface area contributed by atoms with Gasteiger partial charge < -0.3 is 10.1 Å². The van der Waals surface area contributed by atoms with Crippen LogP contribution >= 0.6 is 11.6 Å². The van der Waals surface area contributed by atoms with Crippen LogP contribution in [-0.2, 0) is 13.0 Å². The van der Waals surface area contributed by atoms with Crippen molar-refractivity contribution in [3.63, 3.8) is 0 Å². The number of ether oxygens (including phenoxy) is 1. The van der Waals surface area contributed by atoms with Crippen molar-refractivity contribution >= 4 is 11.6 Å². The summed E-state index contributed by atoms with van der Waals surface area (Å²) in [6.07, 6.45) is 0.986. The van der Waals surface area contributed by atoms with Gasteiger partial charge in [0, 0.05) is 42.7 Å². The number of halogens is 1. The van der Waals surface area contributed by atoms with Gasteiger partial charge in [-0.05, 0) is 24.2 Å². The molecule has 0 saturated carbocycles. The number of likely N-dealkylation sites (N-methyl/N-ethyl adjacent to an activating group) is 1. The number of nitrogens with zero attached hydrogens (tertiary/aromatic N) is 1. The molecule has 4 heteroatoms. The molecule has 3 rings (SSSR count). The van der Waals surface area contributed by atoms with Gasteiger partial charge in [0.2, 0.25) is 0 Å². The third-order valence-electron chi connectivity index (χ3n) is 3.88. The molecular formula is C14H19ClN2O. The molecule has 0 radical (unpaired) electrons. The van der Waals surface area contributed by atoms with Gasteiger partial charge in [0.1, 0.15) is 5.75 Å². The average Bonchev–Trinajstić information content (AvgIpc) is 2.73. The van der Waals surface area contributed by atoms with Gasteiger partial charge in [-0.3, -0.25) is 4.90 Å². The Kier molecular flexibility index (Phi) is 3.46. The summed E-state index contributed by atoms with van der Waals surface area (Å²) in [6, 6.07) is 4.75. The molecule has 0 aromatic heterocycles. The second kappa shape index (κ2) is 5.08. The molecule has 2 aliphatic heterocycles. The molecule has 98 valence electrons. The first-order valence-corrected chi connectivity index (χ1v) is 7.04. The Hall–Kier alpha value is -0.770. The van der Waals surface area contributed by atoms with E-state index in [4.69, 9.17) is 16.3 Å². The van der Waals surface area contributed by atoms with Gasteiger partial charge in [0.25, 0.3) is 0 Å². The lowest BCUT2D eigenvalue weighted by Gasteiger charge is -2.37. The van der Waals surface area contributed by atoms with E-state index in [1.54, 1.807) is 0 Å². The van der Waals surface area contributed by atoms with E-state index in [1.165, 1.54) is 11.1 Å². The van der Waals surface area contributed by atoms with Crippen LogP contribution in [0.15, 0.2) is 12.1 Å². The maximum atomic E-state index is 6.20.